The van der Waals surface area contributed by atoms with E-state index in [1.807, 2.05) is 6.07 Å². The van der Waals surface area contributed by atoms with E-state index in [2.05, 4.69) is 4.98 Å². The molecule has 1 amide bonds. The molecule has 1 fully saturated rings. The Labute approximate surface area is 160 Å². The minimum atomic E-state index is -1.03. The number of hydrogen-bond acceptors (Lipinski definition) is 4. The molecule has 0 bridgehead atoms. The van der Waals surface area contributed by atoms with Crippen molar-refractivity contribution in [3.05, 3.63) is 76.8 Å². The van der Waals surface area contributed by atoms with Crippen LogP contribution in [0.25, 0.3) is 10.9 Å². The molecule has 1 aliphatic heterocycles. The third-order valence-electron chi connectivity index (χ3n) is 5.14. The summed E-state index contributed by atoms with van der Waals surface area (Å²) < 4.78 is 1.30. The lowest BCUT2D eigenvalue weighted by atomic mass is 10.0. The Morgan fingerprint density at radius 2 is 1.79 bits per heavy atom. The van der Waals surface area contributed by atoms with Crippen LogP contribution in [0.15, 0.2) is 65.7 Å². The molecule has 3 aromatic rings. The first-order valence-corrected chi connectivity index (χ1v) is 9.12. The molecule has 2 heterocycles. The standard InChI is InChI=1S/C21H19N3O4/c25-19-15-9-4-5-10-16(15)22-13-24(19)18(14-7-2-1-3-8-14)20(26)23-12-6-11-17(23)21(27)28/h1-5,7-10,13,17-18H,6,11-12H2,(H,27,28). The molecule has 1 N–H and O–H groups in total. The van der Waals surface area contributed by atoms with E-state index in [-0.39, 0.29) is 5.56 Å². The summed E-state index contributed by atoms with van der Waals surface area (Å²) in [6.45, 7) is 0.356. The molecule has 142 valence electrons. The van der Waals surface area contributed by atoms with E-state index >= 15 is 0 Å². The molecule has 7 nitrogen and oxygen atoms in total. The minimum absolute atomic E-state index is 0.334. The molecular formula is C21H19N3O4. The van der Waals surface area contributed by atoms with Gasteiger partial charge in [0.25, 0.3) is 11.5 Å². The molecule has 2 aromatic carbocycles. The van der Waals surface area contributed by atoms with Crippen LogP contribution in [0.1, 0.15) is 24.4 Å². The van der Waals surface area contributed by atoms with Crippen molar-refractivity contribution in [2.24, 2.45) is 0 Å². The van der Waals surface area contributed by atoms with Crippen LogP contribution in [0.2, 0.25) is 0 Å². The first-order valence-electron chi connectivity index (χ1n) is 9.12. The fourth-order valence-corrected chi connectivity index (χ4v) is 3.77. The number of carbonyl (C=O) groups excluding carboxylic acids is 1. The van der Waals surface area contributed by atoms with E-state index < -0.39 is 24.0 Å². The van der Waals surface area contributed by atoms with Gasteiger partial charge in [0.05, 0.1) is 17.2 Å². The number of likely N-dealkylation sites (tertiary alicyclic amines) is 1. The van der Waals surface area contributed by atoms with Gasteiger partial charge in [0.1, 0.15) is 12.1 Å². The van der Waals surface area contributed by atoms with E-state index in [1.165, 1.54) is 15.8 Å². The van der Waals surface area contributed by atoms with Gasteiger partial charge in [0.15, 0.2) is 0 Å². The van der Waals surface area contributed by atoms with Gasteiger partial charge in [-0.1, -0.05) is 42.5 Å². The Balaban J connectivity index is 1.86. The predicted octanol–water partition coefficient (Wildman–Crippen LogP) is 2.06. The van der Waals surface area contributed by atoms with Crippen LogP contribution in [0, 0.1) is 0 Å². The zero-order valence-electron chi connectivity index (χ0n) is 15.1. The normalized spacial score (nSPS) is 17.6. The van der Waals surface area contributed by atoms with Crippen LogP contribution in [0.3, 0.4) is 0 Å². The number of carboxylic acid groups (broad SMARTS) is 1. The summed E-state index contributed by atoms with van der Waals surface area (Å²) in [4.78, 5) is 43.8. The number of nitrogens with zero attached hydrogens (tertiary/aromatic N) is 3. The SMILES string of the molecule is O=C(O)C1CCCN1C(=O)C(c1ccccc1)n1cnc2ccccc2c1=O. The molecule has 0 spiro atoms. The summed E-state index contributed by atoms with van der Waals surface area (Å²) in [6.07, 6.45) is 2.40. The van der Waals surface area contributed by atoms with Gasteiger partial charge in [0.2, 0.25) is 0 Å². The van der Waals surface area contributed by atoms with Crippen molar-refractivity contribution in [2.75, 3.05) is 6.54 Å². The van der Waals surface area contributed by atoms with Gasteiger partial charge < -0.3 is 10.0 Å². The van der Waals surface area contributed by atoms with Gasteiger partial charge in [-0.15, -0.1) is 0 Å². The molecule has 4 rings (SSSR count). The molecule has 2 atom stereocenters. The Bertz CT molecular complexity index is 1090. The molecule has 1 saturated heterocycles. The lowest BCUT2D eigenvalue weighted by Crippen LogP contribution is -2.46. The van der Waals surface area contributed by atoms with Crippen LogP contribution in [-0.2, 0) is 9.59 Å². The number of amides is 1. The van der Waals surface area contributed by atoms with Crippen LogP contribution < -0.4 is 5.56 Å². The molecule has 0 radical (unpaired) electrons. The van der Waals surface area contributed by atoms with E-state index in [0.29, 0.717) is 35.9 Å². The third-order valence-corrected chi connectivity index (χ3v) is 5.14. The van der Waals surface area contributed by atoms with Crippen molar-refractivity contribution in [3.8, 4) is 0 Å². The summed E-state index contributed by atoms with van der Waals surface area (Å²) in [5.74, 6) is -1.43. The summed E-state index contributed by atoms with van der Waals surface area (Å²) in [5.41, 5.74) is 0.828. The Morgan fingerprint density at radius 1 is 1.07 bits per heavy atom. The smallest absolute Gasteiger partial charge is 0.326 e. The maximum atomic E-state index is 13.4. The second kappa shape index (κ2) is 7.26. The number of benzene rings is 2. The lowest BCUT2D eigenvalue weighted by Gasteiger charge is -2.28. The number of para-hydroxylation sites is 1. The predicted molar refractivity (Wildman–Crippen MR) is 103 cm³/mol. The van der Waals surface area contributed by atoms with Crippen LogP contribution in [0.5, 0.6) is 0 Å². The molecule has 0 aliphatic carbocycles. The number of fused-ring (bicyclic) bond motifs is 1. The van der Waals surface area contributed by atoms with Crippen LogP contribution in [0.4, 0.5) is 0 Å². The molecule has 7 heteroatoms. The molecule has 2 unspecified atom stereocenters. The highest BCUT2D eigenvalue weighted by molar-refractivity contribution is 5.89. The zero-order chi connectivity index (χ0) is 19.7. The molecule has 1 aliphatic rings. The molecule has 28 heavy (non-hydrogen) atoms. The maximum Gasteiger partial charge on any atom is 0.326 e. The average molecular weight is 377 g/mol. The lowest BCUT2D eigenvalue weighted by molar-refractivity contribution is -0.149. The van der Waals surface area contributed by atoms with Gasteiger partial charge >= 0.3 is 5.97 Å². The van der Waals surface area contributed by atoms with Gasteiger partial charge in [-0.3, -0.25) is 14.2 Å². The van der Waals surface area contributed by atoms with Crippen molar-refractivity contribution in [3.63, 3.8) is 0 Å². The number of carboxylic acids is 1. The molecule has 0 saturated carbocycles. The highest BCUT2D eigenvalue weighted by Gasteiger charge is 2.38. The highest BCUT2D eigenvalue weighted by atomic mass is 16.4. The third kappa shape index (κ3) is 3.05. The molecule has 1 aromatic heterocycles. The monoisotopic (exact) mass is 377 g/mol. The molecular weight excluding hydrogens is 358 g/mol. The van der Waals surface area contributed by atoms with Crippen LogP contribution in [-0.4, -0.2) is 44.0 Å². The van der Waals surface area contributed by atoms with E-state index in [4.69, 9.17) is 0 Å². The quantitative estimate of drug-likeness (QED) is 0.751. The Kier molecular flexibility index (Phi) is 4.65. The summed E-state index contributed by atoms with van der Waals surface area (Å²) in [7, 11) is 0. The fraction of sp³-hybridized carbons (Fsp3) is 0.238. The largest absolute Gasteiger partial charge is 0.480 e. The first kappa shape index (κ1) is 17.9. The van der Waals surface area contributed by atoms with E-state index in [1.54, 1.807) is 48.5 Å². The first-order chi connectivity index (χ1) is 13.6. The van der Waals surface area contributed by atoms with Gasteiger partial charge in [0, 0.05) is 6.54 Å². The second-order valence-electron chi connectivity index (χ2n) is 6.82. The van der Waals surface area contributed by atoms with Crippen molar-refractivity contribution in [1.82, 2.24) is 14.5 Å². The summed E-state index contributed by atoms with van der Waals surface area (Å²) in [6, 6.07) is 14.0. The number of rotatable bonds is 4. The van der Waals surface area contributed by atoms with Crippen molar-refractivity contribution in [2.45, 2.75) is 24.9 Å². The topological polar surface area (TPSA) is 92.5 Å². The number of hydrogen-bond donors (Lipinski definition) is 1. The summed E-state index contributed by atoms with van der Waals surface area (Å²) in [5, 5.41) is 9.89. The van der Waals surface area contributed by atoms with Crippen molar-refractivity contribution in [1.29, 1.82) is 0 Å². The van der Waals surface area contributed by atoms with E-state index in [0.717, 1.165) is 0 Å². The number of carbonyl (C=O) groups is 2. The van der Waals surface area contributed by atoms with Gasteiger partial charge in [-0.05, 0) is 30.5 Å². The maximum absolute atomic E-state index is 13.4. The van der Waals surface area contributed by atoms with Gasteiger partial charge in [-0.2, -0.15) is 0 Å². The van der Waals surface area contributed by atoms with Crippen molar-refractivity contribution < 1.29 is 14.7 Å². The highest BCUT2D eigenvalue weighted by Crippen LogP contribution is 2.26. The fourth-order valence-electron chi connectivity index (χ4n) is 3.77. The van der Waals surface area contributed by atoms with Crippen LogP contribution >= 0.6 is 0 Å². The number of aliphatic carboxylic acids is 1. The van der Waals surface area contributed by atoms with E-state index in [9.17, 15) is 19.5 Å². The zero-order valence-corrected chi connectivity index (χ0v) is 15.1. The minimum Gasteiger partial charge on any atom is -0.480 e. The van der Waals surface area contributed by atoms with Crippen molar-refractivity contribution >= 4 is 22.8 Å². The average Bonchev–Trinajstić information content (AvgIpc) is 3.21. The Hall–Kier alpha value is -3.48. The second-order valence-corrected chi connectivity index (χ2v) is 6.82. The summed E-state index contributed by atoms with van der Waals surface area (Å²) >= 11 is 0. The Morgan fingerprint density at radius 3 is 2.54 bits per heavy atom. The van der Waals surface area contributed by atoms with Gasteiger partial charge in [-0.25, -0.2) is 9.78 Å². The number of aromatic nitrogens is 2.